The molecule has 3 heteroatoms. The first-order valence-electron chi connectivity index (χ1n) is 5.59. The maximum Gasteiger partial charge on any atom is 0.0606 e. The second-order valence-electron chi connectivity index (χ2n) is 5.16. The number of hydrogen-bond acceptors (Lipinski definition) is 3. The minimum Gasteiger partial charge on any atom is -0.390 e. The highest BCUT2D eigenvalue weighted by Gasteiger charge is 2.26. The topological polar surface area (TPSA) is 35.5 Å². The molecule has 1 aliphatic heterocycles. The second kappa shape index (κ2) is 4.60. The zero-order valence-corrected chi connectivity index (χ0v) is 9.88. The Kier molecular flexibility index (Phi) is 3.93. The van der Waals surface area contributed by atoms with E-state index in [1.165, 1.54) is 0 Å². The lowest BCUT2D eigenvalue weighted by Gasteiger charge is -2.40. The molecule has 14 heavy (non-hydrogen) atoms. The monoisotopic (exact) mass is 200 g/mol. The highest BCUT2D eigenvalue weighted by molar-refractivity contribution is 4.83. The van der Waals surface area contributed by atoms with E-state index < -0.39 is 5.60 Å². The molecule has 2 unspecified atom stereocenters. The Bertz CT molecular complexity index is 177. The first-order valence-corrected chi connectivity index (χ1v) is 5.59. The van der Waals surface area contributed by atoms with Gasteiger partial charge in [0.1, 0.15) is 0 Å². The quantitative estimate of drug-likeness (QED) is 0.708. The molecule has 2 atom stereocenters. The summed E-state index contributed by atoms with van der Waals surface area (Å²) in [5.41, 5.74) is -0.552. The lowest BCUT2D eigenvalue weighted by atomic mass is 9.97. The van der Waals surface area contributed by atoms with Crippen molar-refractivity contribution in [2.75, 3.05) is 19.6 Å². The summed E-state index contributed by atoms with van der Waals surface area (Å²) in [4.78, 5) is 2.48. The van der Waals surface area contributed by atoms with E-state index in [0.29, 0.717) is 12.1 Å². The van der Waals surface area contributed by atoms with Crippen molar-refractivity contribution in [1.29, 1.82) is 0 Å². The van der Waals surface area contributed by atoms with Gasteiger partial charge in [-0.3, -0.25) is 4.90 Å². The Morgan fingerprint density at radius 3 is 2.71 bits per heavy atom. The van der Waals surface area contributed by atoms with Gasteiger partial charge in [0, 0.05) is 31.7 Å². The van der Waals surface area contributed by atoms with Gasteiger partial charge in [0.05, 0.1) is 5.60 Å². The molecule has 1 fully saturated rings. The summed E-state index contributed by atoms with van der Waals surface area (Å²) >= 11 is 0. The van der Waals surface area contributed by atoms with Crippen LogP contribution >= 0.6 is 0 Å². The summed E-state index contributed by atoms with van der Waals surface area (Å²) in [6, 6.07) is 1.05. The SMILES string of the molecule is CC1CNCCN1C(C)CC(C)(C)O. The highest BCUT2D eigenvalue weighted by atomic mass is 16.3. The van der Waals surface area contributed by atoms with Gasteiger partial charge in [-0.2, -0.15) is 0 Å². The van der Waals surface area contributed by atoms with Gasteiger partial charge < -0.3 is 10.4 Å². The minimum absolute atomic E-state index is 0.465. The maximum absolute atomic E-state index is 9.76. The van der Waals surface area contributed by atoms with Crippen LogP contribution in [0.15, 0.2) is 0 Å². The molecule has 2 N–H and O–H groups in total. The van der Waals surface area contributed by atoms with Crippen molar-refractivity contribution in [1.82, 2.24) is 10.2 Å². The number of rotatable bonds is 3. The van der Waals surface area contributed by atoms with Crippen molar-refractivity contribution in [2.24, 2.45) is 0 Å². The van der Waals surface area contributed by atoms with Crippen LogP contribution in [0.3, 0.4) is 0 Å². The molecule has 0 aromatic heterocycles. The highest BCUT2D eigenvalue weighted by Crippen LogP contribution is 2.17. The summed E-state index contributed by atoms with van der Waals surface area (Å²) in [5, 5.41) is 13.1. The minimum atomic E-state index is -0.552. The van der Waals surface area contributed by atoms with Crippen LogP contribution in [0.4, 0.5) is 0 Å². The van der Waals surface area contributed by atoms with Crippen molar-refractivity contribution >= 4 is 0 Å². The Hall–Kier alpha value is -0.120. The van der Waals surface area contributed by atoms with E-state index in [9.17, 15) is 5.11 Å². The van der Waals surface area contributed by atoms with Crippen LogP contribution in [0.1, 0.15) is 34.1 Å². The molecule has 0 bridgehead atoms. The van der Waals surface area contributed by atoms with Crippen molar-refractivity contribution in [3.8, 4) is 0 Å². The Morgan fingerprint density at radius 2 is 2.21 bits per heavy atom. The van der Waals surface area contributed by atoms with Crippen LogP contribution in [0, 0.1) is 0 Å². The Balaban J connectivity index is 2.46. The molecule has 0 radical (unpaired) electrons. The lowest BCUT2D eigenvalue weighted by Crippen LogP contribution is -2.54. The normalized spacial score (nSPS) is 27.6. The summed E-state index contributed by atoms with van der Waals surface area (Å²) in [7, 11) is 0. The van der Waals surface area contributed by atoms with Gasteiger partial charge in [-0.1, -0.05) is 0 Å². The molecule has 1 saturated heterocycles. The van der Waals surface area contributed by atoms with Gasteiger partial charge in [0.25, 0.3) is 0 Å². The molecule has 0 saturated carbocycles. The molecule has 1 rings (SSSR count). The van der Waals surface area contributed by atoms with Crippen molar-refractivity contribution in [2.45, 2.75) is 51.8 Å². The van der Waals surface area contributed by atoms with Gasteiger partial charge in [0.15, 0.2) is 0 Å². The predicted octanol–water partition coefficient (Wildman–Crippen LogP) is 0.830. The molecule has 1 heterocycles. The molecule has 0 aromatic rings. The molecule has 0 amide bonds. The average molecular weight is 200 g/mol. The zero-order chi connectivity index (χ0) is 10.8. The standard InChI is InChI=1S/C11H24N2O/c1-9(7-11(3,4)14)13-6-5-12-8-10(13)2/h9-10,12,14H,5-8H2,1-4H3. The zero-order valence-electron chi connectivity index (χ0n) is 9.88. The van der Waals surface area contributed by atoms with Crippen LogP contribution in [0.5, 0.6) is 0 Å². The summed E-state index contributed by atoms with van der Waals surface area (Å²) in [6.07, 6.45) is 0.845. The predicted molar refractivity (Wildman–Crippen MR) is 59.4 cm³/mol. The average Bonchev–Trinajstić information content (AvgIpc) is 2.01. The maximum atomic E-state index is 9.76. The third-order valence-electron chi connectivity index (χ3n) is 2.91. The van der Waals surface area contributed by atoms with E-state index in [1.54, 1.807) is 0 Å². The van der Waals surface area contributed by atoms with Crippen molar-refractivity contribution in [3.63, 3.8) is 0 Å². The van der Waals surface area contributed by atoms with Crippen LogP contribution in [-0.2, 0) is 0 Å². The smallest absolute Gasteiger partial charge is 0.0606 e. The van der Waals surface area contributed by atoms with Crippen molar-refractivity contribution in [3.05, 3.63) is 0 Å². The van der Waals surface area contributed by atoms with E-state index in [1.807, 2.05) is 13.8 Å². The fourth-order valence-corrected chi connectivity index (χ4v) is 2.35. The first kappa shape index (κ1) is 12.0. The summed E-state index contributed by atoms with van der Waals surface area (Å²) in [6.45, 7) is 11.5. The third-order valence-corrected chi connectivity index (χ3v) is 2.91. The number of nitrogens with one attached hydrogen (secondary N) is 1. The van der Waals surface area contributed by atoms with Gasteiger partial charge in [-0.05, 0) is 34.1 Å². The first-order chi connectivity index (χ1) is 6.40. The van der Waals surface area contributed by atoms with Gasteiger partial charge in [0.2, 0.25) is 0 Å². The molecule has 0 aliphatic carbocycles. The molecule has 84 valence electrons. The van der Waals surface area contributed by atoms with Gasteiger partial charge in [-0.15, -0.1) is 0 Å². The summed E-state index contributed by atoms with van der Waals surface area (Å²) in [5.74, 6) is 0. The molecule has 3 nitrogen and oxygen atoms in total. The van der Waals surface area contributed by atoms with E-state index in [0.717, 1.165) is 26.1 Å². The van der Waals surface area contributed by atoms with Crippen molar-refractivity contribution < 1.29 is 5.11 Å². The number of piperazine rings is 1. The Labute approximate surface area is 87.5 Å². The fraction of sp³-hybridized carbons (Fsp3) is 1.00. The molecule has 0 aromatic carbocycles. The molecular formula is C11H24N2O. The third kappa shape index (κ3) is 3.56. The van der Waals surface area contributed by atoms with Crippen LogP contribution in [0.2, 0.25) is 0 Å². The Morgan fingerprint density at radius 1 is 1.57 bits per heavy atom. The molecule has 0 spiro atoms. The van der Waals surface area contributed by atoms with Crippen LogP contribution in [0.25, 0.3) is 0 Å². The summed E-state index contributed by atoms with van der Waals surface area (Å²) < 4.78 is 0. The van der Waals surface area contributed by atoms with E-state index in [2.05, 4.69) is 24.1 Å². The lowest BCUT2D eigenvalue weighted by molar-refractivity contribution is 0.0227. The molecular weight excluding hydrogens is 176 g/mol. The van der Waals surface area contributed by atoms with E-state index in [4.69, 9.17) is 0 Å². The fourth-order valence-electron chi connectivity index (χ4n) is 2.35. The largest absolute Gasteiger partial charge is 0.390 e. The van der Waals surface area contributed by atoms with Crippen LogP contribution in [-0.4, -0.2) is 47.3 Å². The van der Waals surface area contributed by atoms with E-state index >= 15 is 0 Å². The second-order valence-corrected chi connectivity index (χ2v) is 5.16. The van der Waals surface area contributed by atoms with Gasteiger partial charge in [-0.25, -0.2) is 0 Å². The van der Waals surface area contributed by atoms with Gasteiger partial charge >= 0.3 is 0 Å². The number of aliphatic hydroxyl groups is 1. The number of nitrogens with zero attached hydrogens (tertiary/aromatic N) is 1. The van der Waals surface area contributed by atoms with E-state index in [-0.39, 0.29) is 0 Å². The number of hydrogen-bond donors (Lipinski definition) is 2. The molecule has 1 aliphatic rings. The van der Waals surface area contributed by atoms with Crippen LogP contribution < -0.4 is 5.32 Å².